The number of sulfonamides is 1. The highest BCUT2D eigenvalue weighted by atomic mass is 32.2. The SMILES string of the molecule is CN=C(NCCS(=O)(=O)NCC1CCC1)NC1CC(C)(C)Oc2ccccc21. The fraction of sp³-hybridized carbons (Fsp3) is 0.650. The first-order chi connectivity index (χ1) is 13.3. The van der Waals surface area contributed by atoms with Crippen molar-refractivity contribution in [2.24, 2.45) is 10.9 Å². The Labute approximate surface area is 168 Å². The van der Waals surface area contributed by atoms with Crippen molar-refractivity contribution in [1.82, 2.24) is 15.4 Å². The van der Waals surface area contributed by atoms with E-state index in [4.69, 9.17) is 4.74 Å². The molecule has 1 heterocycles. The molecule has 8 heteroatoms. The lowest BCUT2D eigenvalue weighted by Gasteiger charge is -2.38. The minimum atomic E-state index is -3.27. The highest BCUT2D eigenvalue weighted by Gasteiger charge is 2.34. The van der Waals surface area contributed by atoms with Gasteiger partial charge in [-0.1, -0.05) is 24.6 Å². The molecule has 1 fully saturated rings. The Kier molecular flexibility index (Phi) is 6.50. The van der Waals surface area contributed by atoms with Crippen molar-refractivity contribution in [3.8, 4) is 5.75 Å². The maximum atomic E-state index is 12.2. The topological polar surface area (TPSA) is 91.8 Å². The van der Waals surface area contributed by atoms with E-state index in [1.54, 1.807) is 7.05 Å². The summed E-state index contributed by atoms with van der Waals surface area (Å²) in [5, 5.41) is 6.54. The number of guanidine groups is 1. The first-order valence-electron chi connectivity index (χ1n) is 10.0. The zero-order valence-corrected chi connectivity index (χ0v) is 17.8. The van der Waals surface area contributed by atoms with Crippen LogP contribution in [0.1, 0.15) is 51.1 Å². The molecule has 1 saturated carbocycles. The minimum Gasteiger partial charge on any atom is -0.487 e. The number of aliphatic imine (C=N–C) groups is 1. The standard InChI is InChI=1S/C20H32N4O3S/c1-20(2)13-17(16-9-4-5-10-18(16)27-20)24-19(21-3)22-11-12-28(25,26)23-14-15-7-6-8-15/h4-5,9-10,15,17,23H,6-8,11-14H2,1-3H3,(H2,21,22,24). The molecular weight excluding hydrogens is 376 g/mol. The summed E-state index contributed by atoms with van der Waals surface area (Å²) in [7, 11) is -1.58. The second-order valence-electron chi connectivity index (χ2n) is 8.26. The van der Waals surface area contributed by atoms with Crippen LogP contribution in [0.15, 0.2) is 29.3 Å². The van der Waals surface area contributed by atoms with Crippen molar-refractivity contribution in [1.29, 1.82) is 0 Å². The van der Waals surface area contributed by atoms with Crippen LogP contribution in [0.4, 0.5) is 0 Å². The van der Waals surface area contributed by atoms with Crippen molar-refractivity contribution in [2.45, 2.75) is 51.2 Å². The van der Waals surface area contributed by atoms with Crippen molar-refractivity contribution >= 4 is 16.0 Å². The first-order valence-corrected chi connectivity index (χ1v) is 11.7. The lowest BCUT2D eigenvalue weighted by atomic mass is 9.86. The van der Waals surface area contributed by atoms with Gasteiger partial charge in [-0.2, -0.15) is 0 Å². The van der Waals surface area contributed by atoms with Gasteiger partial charge in [0.25, 0.3) is 0 Å². The molecule has 0 radical (unpaired) electrons. The van der Waals surface area contributed by atoms with Crippen molar-refractivity contribution in [2.75, 3.05) is 25.9 Å². The molecule has 28 heavy (non-hydrogen) atoms. The van der Waals surface area contributed by atoms with Gasteiger partial charge in [-0.3, -0.25) is 4.99 Å². The first kappa shape index (κ1) is 20.9. The molecule has 0 spiro atoms. The summed E-state index contributed by atoms with van der Waals surface area (Å²) in [5.74, 6) is 1.99. The number of benzene rings is 1. The van der Waals surface area contributed by atoms with E-state index in [2.05, 4.69) is 34.2 Å². The Balaban J connectivity index is 1.53. The summed E-state index contributed by atoms with van der Waals surface area (Å²) >= 11 is 0. The van der Waals surface area contributed by atoms with E-state index in [0.717, 1.165) is 30.6 Å². The Bertz CT molecular complexity index is 803. The summed E-state index contributed by atoms with van der Waals surface area (Å²) in [6.45, 7) is 4.99. The van der Waals surface area contributed by atoms with Gasteiger partial charge in [-0.25, -0.2) is 13.1 Å². The zero-order chi connectivity index (χ0) is 20.2. The molecular formula is C20H32N4O3S. The van der Waals surface area contributed by atoms with Gasteiger partial charge < -0.3 is 15.4 Å². The monoisotopic (exact) mass is 408 g/mol. The molecule has 1 aliphatic carbocycles. The van der Waals surface area contributed by atoms with E-state index >= 15 is 0 Å². The predicted molar refractivity (Wildman–Crippen MR) is 112 cm³/mol. The van der Waals surface area contributed by atoms with Gasteiger partial charge in [0.1, 0.15) is 11.4 Å². The van der Waals surface area contributed by atoms with Crippen LogP contribution in [-0.2, 0) is 10.0 Å². The minimum absolute atomic E-state index is 0.0241. The molecule has 7 nitrogen and oxygen atoms in total. The summed E-state index contributed by atoms with van der Waals surface area (Å²) in [4.78, 5) is 4.26. The van der Waals surface area contributed by atoms with Gasteiger partial charge in [0.15, 0.2) is 5.96 Å². The number of para-hydroxylation sites is 1. The van der Waals surface area contributed by atoms with Gasteiger partial charge in [0.05, 0.1) is 11.8 Å². The Hall–Kier alpha value is -1.80. The molecule has 0 aromatic heterocycles. The summed E-state index contributed by atoms with van der Waals surface area (Å²) < 4.78 is 33.1. The van der Waals surface area contributed by atoms with Gasteiger partial charge in [0.2, 0.25) is 10.0 Å². The molecule has 0 saturated heterocycles. The molecule has 0 amide bonds. The van der Waals surface area contributed by atoms with Gasteiger partial charge in [-0.05, 0) is 38.7 Å². The highest BCUT2D eigenvalue weighted by Crippen LogP contribution is 2.39. The molecule has 3 N–H and O–H groups in total. The van der Waals surface area contributed by atoms with Crippen LogP contribution < -0.4 is 20.1 Å². The molecule has 1 aromatic carbocycles. The smallest absolute Gasteiger partial charge is 0.213 e. The van der Waals surface area contributed by atoms with Gasteiger partial charge >= 0.3 is 0 Å². The van der Waals surface area contributed by atoms with E-state index in [9.17, 15) is 8.42 Å². The zero-order valence-electron chi connectivity index (χ0n) is 17.0. The number of nitrogens with zero attached hydrogens (tertiary/aromatic N) is 1. The van der Waals surface area contributed by atoms with E-state index < -0.39 is 10.0 Å². The lowest BCUT2D eigenvalue weighted by Crippen LogP contribution is -2.46. The summed E-state index contributed by atoms with van der Waals surface area (Å²) in [5.41, 5.74) is 0.791. The number of ether oxygens (including phenoxy) is 1. The third kappa shape index (κ3) is 5.61. The quantitative estimate of drug-likeness (QED) is 0.475. The fourth-order valence-corrected chi connectivity index (χ4v) is 4.61. The van der Waals surface area contributed by atoms with Gasteiger partial charge in [0, 0.05) is 32.1 Å². The molecule has 1 unspecified atom stereocenters. The molecule has 3 rings (SSSR count). The summed E-state index contributed by atoms with van der Waals surface area (Å²) in [6.07, 6.45) is 4.24. The van der Waals surface area contributed by atoms with E-state index in [-0.39, 0.29) is 17.4 Å². The van der Waals surface area contributed by atoms with Crippen LogP contribution in [0, 0.1) is 5.92 Å². The number of hydrogen-bond donors (Lipinski definition) is 3. The number of rotatable bonds is 7. The van der Waals surface area contributed by atoms with E-state index in [0.29, 0.717) is 25.0 Å². The second kappa shape index (κ2) is 8.69. The van der Waals surface area contributed by atoms with E-state index in [1.807, 2.05) is 24.3 Å². The second-order valence-corrected chi connectivity index (χ2v) is 10.2. The number of nitrogens with one attached hydrogen (secondary N) is 3. The third-order valence-corrected chi connectivity index (χ3v) is 6.74. The predicted octanol–water partition coefficient (Wildman–Crippen LogP) is 2.17. The highest BCUT2D eigenvalue weighted by molar-refractivity contribution is 7.89. The largest absolute Gasteiger partial charge is 0.487 e. The maximum absolute atomic E-state index is 12.2. The van der Waals surface area contributed by atoms with E-state index in [1.165, 1.54) is 6.42 Å². The fourth-order valence-electron chi connectivity index (χ4n) is 3.61. The lowest BCUT2D eigenvalue weighted by molar-refractivity contribution is 0.0694. The third-order valence-electron chi connectivity index (χ3n) is 5.39. The van der Waals surface area contributed by atoms with Crippen LogP contribution in [0.2, 0.25) is 0 Å². The normalized spacial score (nSPS) is 22.0. The van der Waals surface area contributed by atoms with Crippen LogP contribution in [-0.4, -0.2) is 45.9 Å². The Morgan fingerprint density at radius 1 is 1.29 bits per heavy atom. The van der Waals surface area contributed by atoms with Crippen LogP contribution in [0.3, 0.4) is 0 Å². The number of hydrogen-bond acceptors (Lipinski definition) is 4. The Morgan fingerprint density at radius 3 is 2.71 bits per heavy atom. The van der Waals surface area contributed by atoms with Crippen molar-refractivity contribution in [3.05, 3.63) is 29.8 Å². The maximum Gasteiger partial charge on any atom is 0.213 e. The molecule has 1 aromatic rings. The Morgan fingerprint density at radius 2 is 2.04 bits per heavy atom. The van der Waals surface area contributed by atoms with Crippen LogP contribution in [0.5, 0.6) is 5.75 Å². The molecule has 1 aliphatic heterocycles. The van der Waals surface area contributed by atoms with Crippen LogP contribution >= 0.6 is 0 Å². The molecule has 0 bridgehead atoms. The number of fused-ring (bicyclic) bond motifs is 1. The van der Waals surface area contributed by atoms with Crippen LogP contribution in [0.25, 0.3) is 0 Å². The van der Waals surface area contributed by atoms with Crippen molar-refractivity contribution in [3.63, 3.8) is 0 Å². The molecule has 1 atom stereocenters. The van der Waals surface area contributed by atoms with Crippen molar-refractivity contribution < 1.29 is 13.2 Å². The average molecular weight is 409 g/mol. The molecule has 156 valence electrons. The van der Waals surface area contributed by atoms with Gasteiger partial charge in [-0.15, -0.1) is 0 Å². The molecule has 2 aliphatic rings. The average Bonchev–Trinajstić information content (AvgIpc) is 2.58. The summed E-state index contributed by atoms with van der Waals surface area (Å²) in [6, 6.07) is 8.02.